The lowest BCUT2D eigenvalue weighted by Gasteiger charge is -2.24. The van der Waals surface area contributed by atoms with Gasteiger partial charge in [0.05, 0.1) is 12.2 Å². The Morgan fingerprint density at radius 2 is 1.77 bits per heavy atom. The van der Waals surface area contributed by atoms with E-state index in [1.807, 2.05) is 30.6 Å². The van der Waals surface area contributed by atoms with Crippen LogP contribution in [0.2, 0.25) is 10.0 Å². The molecule has 1 heterocycles. The van der Waals surface area contributed by atoms with E-state index >= 15 is 0 Å². The fourth-order valence-corrected chi connectivity index (χ4v) is 4.20. The summed E-state index contributed by atoms with van der Waals surface area (Å²) >= 11 is 12.6. The maximum absolute atomic E-state index is 6.39. The molecule has 1 aliphatic rings. The van der Waals surface area contributed by atoms with Crippen molar-refractivity contribution in [1.29, 1.82) is 0 Å². The largest absolute Gasteiger partial charge is 0.371 e. The lowest BCUT2D eigenvalue weighted by molar-refractivity contribution is -0.0147. The van der Waals surface area contributed by atoms with Gasteiger partial charge in [0, 0.05) is 34.5 Å². The number of nitrogens with one attached hydrogen (secondary N) is 1. The lowest BCUT2D eigenvalue weighted by atomic mass is 9.92. The van der Waals surface area contributed by atoms with E-state index in [2.05, 4.69) is 61.4 Å². The van der Waals surface area contributed by atoms with Crippen LogP contribution in [0.3, 0.4) is 0 Å². The number of ether oxygens (including phenoxy) is 1. The minimum absolute atomic E-state index is 0.104. The van der Waals surface area contributed by atoms with Crippen molar-refractivity contribution in [3.8, 4) is 11.1 Å². The quantitative estimate of drug-likeness (QED) is 0.411. The minimum Gasteiger partial charge on any atom is -0.371 e. The van der Waals surface area contributed by atoms with Gasteiger partial charge in [0.1, 0.15) is 0 Å². The number of aromatic nitrogens is 1. The van der Waals surface area contributed by atoms with E-state index in [0.29, 0.717) is 18.2 Å². The molecule has 0 unspecified atom stereocenters. The van der Waals surface area contributed by atoms with Gasteiger partial charge in [-0.25, -0.2) is 0 Å². The van der Waals surface area contributed by atoms with Crippen LogP contribution in [0.5, 0.6) is 0 Å². The Hall–Kier alpha value is -1.91. The molecule has 2 aromatic carbocycles. The van der Waals surface area contributed by atoms with Gasteiger partial charge in [-0.15, -0.1) is 0 Å². The molecule has 0 bridgehead atoms. The van der Waals surface area contributed by atoms with E-state index in [1.165, 1.54) is 22.3 Å². The number of rotatable bonds is 7. The number of hydrogen-bond donors (Lipinski definition) is 1. The van der Waals surface area contributed by atoms with Crippen LogP contribution < -0.4 is 5.32 Å². The monoisotopic (exact) mass is 454 g/mol. The van der Waals surface area contributed by atoms with Crippen LogP contribution in [-0.2, 0) is 23.4 Å². The summed E-state index contributed by atoms with van der Waals surface area (Å²) in [5.41, 5.74) is 5.50. The summed E-state index contributed by atoms with van der Waals surface area (Å²) in [6, 6.07) is 16.2. The van der Waals surface area contributed by atoms with Crippen molar-refractivity contribution in [3.63, 3.8) is 0 Å². The molecular weight excluding hydrogens is 427 g/mol. The second-order valence-corrected chi connectivity index (χ2v) is 9.99. The zero-order valence-electron chi connectivity index (χ0n) is 18.2. The maximum atomic E-state index is 6.39. The van der Waals surface area contributed by atoms with Gasteiger partial charge in [0.25, 0.3) is 0 Å². The van der Waals surface area contributed by atoms with Crippen molar-refractivity contribution in [2.75, 3.05) is 0 Å². The third-order valence-corrected chi connectivity index (χ3v) is 6.28. The van der Waals surface area contributed by atoms with Crippen LogP contribution in [0.1, 0.15) is 50.3 Å². The van der Waals surface area contributed by atoms with Crippen molar-refractivity contribution >= 4 is 23.2 Å². The second kappa shape index (κ2) is 8.91. The highest BCUT2D eigenvalue weighted by Crippen LogP contribution is 2.49. The first-order valence-corrected chi connectivity index (χ1v) is 11.4. The maximum Gasteiger partial charge on any atom is 0.0730 e. The summed E-state index contributed by atoms with van der Waals surface area (Å²) in [4.78, 5) is 4.46. The summed E-state index contributed by atoms with van der Waals surface area (Å²) in [6.07, 6.45) is 5.98. The van der Waals surface area contributed by atoms with Gasteiger partial charge < -0.3 is 10.1 Å². The summed E-state index contributed by atoms with van der Waals surface area (Å²) in [5.74, 6) is 0. The first-order valence-electron chi connectivity index (χ1n) is 10.6. The van der Waals surface area contributed by atoms with Gasteiger partial charge in [-0.2, -0.15) is 0 Å². The minimum atomic E-state index is -0.191. The predicted molar refractivity (Wildman–Crippen MR) is 128 cm³/mol. The lowest BCUT2D eigenvalue weighted by Crippen LogP contribution is -2.29. The molecule has 1 N–H and O–H groups in total. The van der Waals surface area contributed by atoms with Gasteiger partial charge >= 0.3 is 0 Å². The molecule has 0 radical (unpaired) electrons. The van der Waals surface area contributed by atoms with Crippen LogP contribution in [-0.4, -0.2) is 10.6 Å². The van der Waals surface area contributed by atoms with Crippen LogP contribution >= 0.6 is 23.2 Å². The Balaban J connectivity index is 1.63. The number of hydrogen-bond acceptors (Lipinski definition) is 3. The molecule has 3 aromatic rings. The Morgan fingerprint density at radius 1 is 1.00 bits per heavy atom. The van der Waals surface area contributed by atoms with E-state index in [4.69, 9.17) is 27.9 Å². The number of nitrogens with zero attached hydrogens (tertiary/aromatic N) is 1. The van der Waals surface area contributed by atoms with E-state index in [-0.39, 0.29) is 11.1 Å². The summed E-state index contributed by atoms with van der Waals surface area (Å²) in [5, 5.41) is 5.16. The molecule has 1 aliphatic carbocycles. The Bertz CT molecular complexity index is 1070. The molecule has 162 valence electrons. The smallest absolute Gasteiger partial charge is 0.0730 e. The first-order chi connectivity index (χ1) is 14.8. The summed E-state index contributed by atoms with van der Waals surface area (Å²) in [7, 11) is 0. The summed E-state index contributed by atoms with van der Waals surface area (Å²) in [6.45, 7) is 7.47. The van der Waals surface area contributed by atoms with Crippen LogP contribution in [0.15, 0.2) is 60.9 Å². The molecule has 0 atom stereocenters. The zero-order valence-corrected chi connectivity index (χ0v) is 19.7. The van der Waals surface area contributed by atoms with Crippen molar-refractivity contribution in [2.24, 2.45) is 0 Å². The normalized spacial score (nSPS) is 15.1. The fraction of sp³-hybridized carbons (Fsp3) is 0.346. The first kappa shape index (κ1) is 22.3. The molecule has 1 fully saturated rings. The van der Waals surface area contributed by atoms with Crippen LogP contribution in [0.25, 0.3) is 11.1 Å². The second-order valence-electron chi connectivity index (χ2n) is 9.15. The topological polar surface area (TPSA) is 34.1 Å². The molecule has 1 saturated carbocycles. The third kappa shape index (κ3) is 5.30. The average Bonchev–Trinajstić information content (AvgIpc) is 3.54. The van der Waals surface area contributed by atoms with Gasteiger partial charge in [-0.1, -0.05) is 47.5 Å². The van der Waals surface area contributed by atoms with Crippen molar-refractivity contribution in [2.45, 2.75) is 57.9 Å². The fourth-order valence-electron chi connectivity index (χ4n) is 3.82. The van der Waals surface area contributed by atoms with Gasteiger partial charge in [-0.05, 0) is 85.7 Å². The molecule has 0 amide bonds. The molecule has 0 aliphatic heterocycles. The van der Waals surface area contributed by atoms with E-state index in [1.54, 1.807) is 0 Å². The molecular formula is C26H28Cl2N2O. The Labute approximate surface area is 194 Å². The highest BCUT2D eigenvalue weighted by molar-refractivity contribution is 6.33. The van der Waals surface area contributed by atoms with E-state index in [0.717, 1.165) is 23.4 Å². The molecule has 31 heavy (non-hydrogen) atoms. The molecule has 4 rings (SSSR count). The number of pyridine rings is 1. The number of halogens is 2. The zero-order chi connectivity index (χ0) is 22.1. The van der Waals surface area contributed by atoms with Crippen LogP contribution in [0.4, 0.5) is 0 Å². The molecule has 0 saturated heterocycles. The molecule has 3 nitrogen and oxygen atoms in total. The highest BCUT2D eigenvalue weighted by Gasteiger charge is 2.45. The SMILES string of the molecule is CC(C)(C)OCc1ccccc1-c1ccncc1C1(NCc2cc(Cl)ccc2Cl)CC1. The van der Waals surface area contributed by atoms with E-state index in [9.17, 15) is 0 Å². The summed E-state index contributed by atoms with van der Waals surface area (Å²) < 4.78 is 6.09. The van der Waals surface area contributed by atoms with Crippen molar-refractivity contribution in [3.05, 3.63) is 87.7 Å². The predicted octanol–water partition coefficient (Wildman–Crippen LogP) is 7.15. The van der Waals surface area contributed by atoms with E-state index < -0.39 is 0 Å². The molecule has 5 heteroatoms. The van der Waals surface area contributed by atoms with Gasteiger partial charge in [0.2, 0.25) is 0 Å². The molecule has 0 spiro atoms. The van der Waals surface area contributed by atoms with Crippen LogP contribution in [0, 0.1) is 0 Å². The number of benzene rings is 2. The highest BCUT2D eigenvalue weighted by atomic mass is 35.5. The van der Waals surface area contributed by atoms with Gasteiger partial charge in [0.15, 0.2) is 0 Å². The average molecular weight is 455 g/mol. The Kier molecular flexibility index (Phi) is 6.41. The van der Waals surface area contributed by atoms with Gasteiger partial charge in [-0.3, -0.25) is 4.98 Å². The molecule has 1 aromatic heterocycles. The Morgan fingerprint density at radius 3 is 2.52 bits per heavy atom. The van der Waals surface area contributed by atoms with Crippen molar-refractivity contribution < 1.29 is 4.74 Å². The van der Waals surface area contributed by atoms with Crippen molar-refractivity contribution in [1.82, 2.24) is 10.3 Å². The standard InChI is InChI=1S/C26H28Cl2N2O/c1-25(2,3)31-17-18-6-4-5-7-21(18)22-10-13-29-16-23(22)26(11-12-26)30-15-19-14-20(27)8-9-24(19)28/h4-10,13-14,16,30H,11-12,15,17H2,1-3H3. The third-order valence-electron chi connectivity index (χ3n) is 5.68.